The van der Waals surface area contributed by atoms with Gasteiger partial charge in [0.2, 0.25) is 0 Å². The van der Waals surface area contributed by atoms with E-state index in [0.717, 1.165) is 31.8 Å². The highest BCUT2D eigenvalue weighted by molar-refractivity contribution is 5.98. The highest BCUT2D eigenvalue weighted by Gasteiger charge is 2.19. The summed E-state index contributed by atoms with van der Waals surface area (Å²) in [6.45, 7) is 4.53. The zero-order valence-electron chi connectivity index (χ0n) is 10.6. The molecule has 0 radical (unpaired) electrons. The second-order valence-corrected chi connectivity index (χ2v) is 5.09. The highest BCUT2D eigenvalue weighted by Crippen LogP contribution is 2.25. The zero-order chi connectivity index (χ0) is 13.1. The van der Waals surface area contributed by atoms with Crippen molar-refractivity contribution in [2.24, 2.45) is 5.92 Å². The van der Waals surface area contributed by atoms with Crippen molar-refractivity contribution in [3.05, 3.63) is 23.8 Å². The number of nitrogens with zero attached hydrogens (tertiary/aromatic N) is 1. The van der Waals surface area contributed by atoms with Crippen LogP contribution in [0.2, 0.25) is 0 Å². The molecule has 0 aliphatic carbocycles. The molecule has 0 saturated carbocycles. The zero-order valence-corrected chi connectivity index (χ0v) is 10.6. The van der Waals surface area contributed by atoms with Crippen LogP contribution in [0.5, 0.6) is 11.5 Å². The summed E-state index contributed by atoms with van der Waals surface area (Å²) in [5.41, 5.74) is 0.448. The Balaban J connectivity index is 1.97. The molecule has 1 aliphatic heterocycles. The van der Waals surface area contributed by atoms with Gasteiger partial charge in [0, 0.05) is 5.56 Å². The van der Waals surface area contributed by atoms with E-state index in [4.69, 9.17) is 0 Å². The minimum atomic E-state index is -0.242. The monoisotopic (exact) mass is 249 g/mol. The smallest absolute Gasteiger partial charge is 0.176 e. The number of hydrogen-bond acceptors (Lipinski definition) is 4. The second kappa shape index (κ2) is 5.40. The first-order valence-corrected chi connectivity index (χ1v) is 6.34. The van der Waals surface area contributed by atoms with Crippen molar-refractivity contribution in [1.82, 2.24) is 4.90 Å². The van der Waals surface area contributed by atoms with Crippen LogP contribution in [0.25, 0.3) is 0 Å². The van der Waals surface area contributed by atoms with E-state index in [2.05, 4.69) is 11.8 Å². The van der Waals surface area contributed by atoms with E-state index < -0.39 is 0 Å². The van der Waals surface area contributed by atoms with E-state index in [-0.39, 0.29) is 17.3 Å². The van der Waals surface area contributed by atoms with E-state index in [9.17, 15) is 15.0 Å². The Hall–Kier alpha value is -1.55. The Morgan fingerprint density at radius 2 is 1.94 bits per heavy atom. The van der Waals surface area contributed by atoms with Crippen LogP contribution in [0.4, 0.5) is 0 Å². The number of phenols is 2. The van der Waals surface area contributed by atoms with Crippen molar-refractivity contribution in [3.63, 3.8) is 0 Å². The van der Waals surface area contributed by atoms with Crippen LogP contribution in [0, 0.1) is 5.92 Å². The third kappa shape index (κ3) is 3.01. The Morgan fingerprint density at radius 3 is 2.56 bits per heavy atom. The molecule has 1 heterocycles. The third-order valence-corrected chi connectivity index (χ3v) is 3.54. The minimum Gasteiger partial charge on any atom is -0.504 e. The molecule has 2 rings (SSSR count). The molecular formula is C14H19NO3. The summed E-state index contributed by atoms with van der Waals surface area (Å²) in [6, 6.07) is 4.22. The lowest BCUT2D eigenvalue weighted by atomic mass is 9.98. The van der Waals surface area contributed by atoms with Gasteiger partial charge in [-0.2, -0.15) is 0 Å². The molecule has 1 fully saturated rings. The van der Waals surface area contributed by atoms with Crippen molar-refractivity contribution in [1.29, 1.82) is 0 Å². The molecule has 0 bridgehead atoms. The SMILES string of the molecule is CC1CCN(CC(=O)c2ccc(O)c(O)c2)CC1. The van der Waals surface area contributed by atoms with Gasteiger partial charge >= 0.3 is 0 Å². The summed E-state index contributed by atoms with van der Waals surface area (Å²) in [5, 5.41) is 18.6. The number of phenolic OH excluding ortho intramolecular Hbond substituents is 2. The molecule has 1 aliphatic rings. The van der Waals surface area contributed by atoms with Crippen LogP contribution in [-0.4, -0.2) is 40.5 Å². The summed E-state index contributed by atoms with van der Waals surface area (Å²) in [5.74, 6) is 0.292. The topological polar surface area (TPSA) is 60.8 Å². The van der Waals surface area contributed by atoms with E-state index in [1.807, 2.05) is 0 Å². The maximum Gasteiger partial charge on any atom is 0.176 e. The molecule has 1 aromatic rings. The minimum absolute atomic E-state index is 0.0140. The van der Waals surface area contributed by atoms with Gasteiger partial charge in [-0.15, -0.1) is 0 Å². The molecule has 0 amide bonds. The summed E-state index contributed by atoms with van der Waals surface area (Å²) in [7, 11) is 0. The average molecular weight is 249 g/mol. The summed E-state index contributed by atoms with van der Waals surface area (Å²) < 4.78 is 0. The molecule has 1 saturated heterocycles. The molecule has 0 atom stereocenters. The van der Waals surface area contributed by atoms with Gasteiger partial charge < -0.3 is 10.2 Å². The number of aromatic hydroxyl groups is 2. The Bertz CT molecular complexity index is 437. The van der Waals surface area contributed by atoms with E-state index >= 15 is 0 Å². The number of likely N-dealkylation sites (tertiary alicyclic amines) is 1. The maximum absolute atomic E-state index is 12.0. The highest BCUT2D eigenvalue weighted by atomic mass is 16.3. The van der Waals surface area contributed by atoms with Crippen LogP contribution in [0.15, 0.2) is 18.2 Å². The molecule has 4 nitrogen and oxygen atoms in total. The standard InChI is InChI=1S/C14H19NO3/c1-10-4-6-15(7-5-10)9-14(18)11-2-3-12(16)13(17)8-11/h2-3,8,10,16-17H,4-7,9H2,1H3. The van der Waals surface area contributed by atoms with Gasteiger partial charge in [0.15, 0.2) is 17.3 Å². The Morgan fingerprint density at radius 1 is 1.28 bits per heavy atom. The molecule has 0 spiro atoms. The molecule has 98 valence electrons. The largest absolute Gasteiger partial charge is 0.504 e. The van der Waals surface area contributed by atoms with Crippen LogP contribution in [-0.2, 0) is 0 Å². The first kappa shape index (κ1) is 12.9. The fourth-order valence-electron chi connectivity index (χ4n) is 2.21. The quantitative estimate of drug-likeness (QED) is 0.635. The van der Waals surface area contributed by atoms with Gasteiger partial charge in [-0.25, -0.2) is 0 Å². The van der Waals surface area contributed by atoms with Crippen molar-refractivity contribution in [2.45, 2.75) is 19.8 Å². The number of carbonyl (C=O) groups excluding carboxylic acids is 1. The van der Waals surface area contributed by atoms with Gasteiger partial charge in [0.25, 0.3) is 0 Å². The average Bonchev–Trinajstić information content (AvgIpc) is 2.35. The van der Waals surface area contributed by atoms with Crippen molar-refractivity contribution < 1.29 is 15.0 Å². The third-order valence-electron chi connectivity index (χ3n) is 3.54. The van der Waals surface area contributed by atoms with Crippen molar-refractivity contribution >= 4 is 5.78 Å². The number of Topliss-reactive ketones (excluding diaryl/α,β-unsaturated/α-hetero) is 1. The maximum atomic E-state index is 12.0. The molecule has 4 heteroatoms. The number of hydrogen-bond donors (Lipinski definition) is 2. The molecule has 1 aromatic carbocycles. The van der Waals surface area contributed by atoms with Gasteiger partial charge in [0.1, 0.15) is 0 Å². The van der Waals surface area contributed by atoms with Crippen molar-refractivity contribution in [2.75, 3.05) is 19.6 Å². The fraction of sp³-hybridized carbons (Fsp3) is 0.500. The first-order valence-electron chi connectivity index (χ1n) is 6.34. The van der Waals surface area contributed by atoms with Crippen molar-refractivity contribution in [3.8, 4) is 11.5 Å². The van der Waals surface area contributed by atoms with Gasteiger partial charge in [0.05, 0.1) is 6.54 Å². The van der Waals surface area contributed by atoms with Gasteiger partial charge in [-0.05, 0) is 50.0 Å². The fourth-order valence-corrected chi connectivity index (χ4v) is 2.21. The Labute approximate surface area is 107 Å². The molecule has 18 heavy (non-hydrogen) atoms. The van der Waals surface area contributed by atoms with Gasteiger partial charge in [-0.3, -0.25) is 9.69 Å². The molecular weight excluding hydrogens is 230 g/mol. The normalized spacial score (nSPS) is 17.8. The number of piperidine rings is 1. The summed E-state index contributed by atoms with van der Waals surface area (Å²) >= 11 is 0. The van der Waals surface area contributed by atoms with E-state index in [1.165, 1.54) is 12.1 Å². The van der Waals surface area contributed by atoms with Gasteiger partial charge in [-0.1, -0.05) is 6.92 Å². The van der Waals surface area contributed by atoms with Crippen LogP contribution < -0.4 is 0 Å². The number of ketones is 1. The lowest BCUT2D eigenvalue weighted by molar-refractivity contribution is 0.0899. The number of rotatable bonds is 3. The van der Waals surface area contributed by atoms with E-state index in [1.54, 1.807) is 6.07 Å². The van der Waals surface area contributed by atoms with Crippen LogP contribution >= 0.6 is 0 Å². The van der Waals surface area contributed by atoms with Crippen LogP contribution in [0.3, 0.4) is 0 Å². The lowest BCUT2D eigenvalue weighted by Crippen LogP contribution is -2.36. The lowest BCUT2D eigenvalue weighted by Gasteiger charge is -2.29. The summed E-state index contributed by atoms with van der Waals surface area (Å²) in [6.07, 6.45) is 2.27. The van der Waals surface area contributed by atoms with Crippen LogP contribution in [0.1, 0.15) is 30.1 Å². The Kier molecular flexibility index (Phi) is 3.87. The number of carbonyl (C=O) groups is 1. The predicted molar refractivity (Wildman–Crippen MR) is 68.9 cm³/mol. The second-order valence-electron chi connectivity index (χ2n) is 5.09. The number of benzene rings is 1. The summed E-state index contributed by atoms with van der Waals surface area (Å²) in [4.78, 5) is 14.2. The predicted octanol–water partition coefficient (Wildman–Crippen LogP) is 2.01. The molecule has 2 N–H and O–H groups in total. The van der Waals surface area contributed by atoms with E-state index in [0.29, 0.717) is 12.1 Å². The molecule has 0 aromatic heterocycles. The first-order chi connectivity index (χ1) is 8.56. The molecule has 0 unspecified atom stereocenters.